The van der Waals surface area contributed by atoms with Crippen molar-refractivity contribution in [1.82, 2.24) is 24.4 Å². The van der Waals surface area contributed by atoms with Crippen LogP contribution in [0.4, 0.5) is 0 Å². The van der Waals surface area contributed by atoms with Crippen molar-refractivity contribution >= 4 is 17.4 Å². The van der Waals surface area contributed by atoms with E-state index in [2.05, 4.69) is 19.5 Å². The molecule has 8 heteroatoms. The van der Waals surface area contributed by atoms with Gasteiger partial charge in [-0.15, -0.1) is 0 Å². The highest BCUT2D eigenvalue weighted by Crippen LogP contribution is 2.29. The molecule has 2 fully saturated rings. The number of aromatic amines is 1. The largest absolute Gasteiger partial charge is 0.379 e. The van der Waals surface area contributed by atoms with Crippen LogP contribution in [0.5, 0.6) is 0 Å². The highest BCUT2D eigenvalue weighted by molar-refractivity contribution is 7.03. The second-order valence-corrected chi connectivity index (χ2v) is 7.73. The van der Waals surface area contributed by atoms with Gasteiger partial charge in [-0.1, -0.05) is 0 Å². The number of likely N-dealkylation sites (tertiary alicyclic amines) is 1. The summed E-state index contributed by atoms with van der Waals surface area (Å²) >= 11 is 1.35. The maximum Gasteiger partial charge on any atom is 0.256 e. The van der Waals surface area contributed by atoms with Gasteiger partial charge in [-0.25, -0.2) is 0 Å². The molecule has 1 N–H and O–H groups in total. The predicted molar refractivity (Wildman–Crippen MR) is 99.4 cm³/mol. The number of rotatable bonds is 4. The van der Waals surface area contributed by atoms with Crippen molar-refractivity contribution in [3.05, 3.63) is 34.1 Å². The zero-order valence-corrected chi connectivity index (χ0v) is 15.9. The van der Waals surface area contributed by atoms with E-state index in [0.717, 1.165) is 70.0 Å². The van der Waals surface area contributed by atoms with Gasteiger partial charge in [0.1, 0.15) is 0 Å². The Bertz CT molecular complexity index is 752. The van der Waals surface area contributed by atoms with Crippen LogP contribution in [0.3, 0.4) is 0 Å². The lowest BCUT2D eigenvalue weighted by atomic mass is 9.92. The van der Waals surface area contributed by atoms with Gasteiger partial charge in [-0.2, -0.15) is 9.47 Å². The van der Waals surface area contributed by atoms with Crippen molar-refractivity contribution in [1.29, 1.82) is 0 Å². The summed E-state index contributed by atoms with van der Waals surface area (Å²) in [6.07, 6.45) is 4.05. The molecule has 0 aliphatic carbocycles. The Morgan fingerprint density at radius 2 is 2.23 bits per heavy atom. The van der Waals surface area contributed by atoms with E-state index in [0.29, 0.717) is 5.92 Å². The molecule has 2 aromatic heterocycles. The van der Waals surface area contributed by atoms with Crippen LogP contribution >= 0.6 is 11.5 Å². The first-order chi connectivity index (χ1) is 12.7. The first-order valence-electron chi connectivity index (χ1n) is 9.25. The van der Waals surface area contributed by atoms with Gasteiger partial charge in [0.05, 0.1) is 30.7 Å². The van der Waals surface area contributed by atoms with Gasteiger partial charge < -0.3 is 9.64 Å². The van der Waals surface area contributed by atoms with Gasteiger partial charge in [0.2, 0.25) is 0 Å². The van der Waals surface area contributed by atoms with Crippen LogP contribution < -0.4 is 0 Å². The van der Waals surface area contributed by atoms with Crippen LogP contribution in [-0.2, 0) is 11.3 Å². The van der Waals surface area contributed by atoms with E-state index in [-0.39, 0.29) is 5.91 Å². The van der Waals surface area contributed by atoms with E-state index < -0.39 is 0 Å². The Morgan fingerprint density at radius 3 is 3.00 bits per heavy atom. The SMILES string of the molecule is Cc1nscc1C(=O)N1CCCC(c2[nH]ncc2CN2CCOCC2)C1. The van der Waals surface area contributed by atoms with E-state index >= 15 is 0 Å². The van der Waals surface area contributed by atoms with E-state index in [4.69, 9.17) is 4.74 Å². The quantitative estimate of drug-likeness (QED) is 0.885. The number of aryl methyl sites for hydroxylation is 1. The van der Waals surface area contributed by atoms with Gasteiger partial charge in [-0.05, 0) is 31.3 Å². The zero-order chi connectivity index (χ0) is 17.9. The van der Waals surface area contributed by atoms with Crippen LogP contribution in [0.25, 0.3) is 0 Å². The molecule has 0 aromatic carbocycles. The van der Waals surface area contributed by atoms with Gasteiger partial charge in [0.25, 0.3) is 5.91 Å². The Kier molecular flexibility index (Phi) is 5.33. The number of aromatic nitrogens is 3. The van der Waals surface area contributed by atoms with Crippen LogP contribution in [0.2, 0.25) is 0 Å². The minimum atomic E-state index is 0.107. The fraction of sp³-hybridized carbons (Fsp3) is 0.611. The number of nitrogens with zero attached hydrogens (tertiary/aromatic N) is 4. The van der Waals surface area contributed by atoms with Gasteiger partial charge in [0.15, 0.2) is 0 Å². The van der Waals surface area contributed by atoms with Gasteiger partial charge >= 0.3 is 0 Å². The number of carbonyl (C=O) groups is 1. The third-order valence-corrected chi connectivity index (χ3v) is 6.07. The Morgan fingerprint density at radius 1 is 1.38 bits per heavy atom. The summed E-state index contributed by atoms with van der Waals surface area (Å²) in [5.74, 6) is 0.424. The molecule has 1 unspecified atom stereocenters. The highest BCUT2D eigenvalue weighted by Gasteiger charge is 2.29. The van der Waals surface area contributed by atoms with Crippen LogP contribution in [-0.4, -0.2) is 69.7 Å². The molecule has 0 spiro atoms. The number of hydrogen-bond acceptors (Lipinski definition) is 6. The van der Waals surface area contributed by atoms with E-state index in [1.54, 1.807) is 0 Å². The lowest BCUT2D eigenvalue weighted by Crippen LogP contribution is -2.40. The average molecular weight is 375 g/mol. The molecule has 0 radical (unpaired) electrons. The number of carbonyl (C=O) groups excluding carboxylic acids is 1. The molecule has 2 aromatic rings. The molecule has 0 saturated carbocycles. The Labute approximate surface area is 157 Å². The Hall–Kier alpha value is -1.77. The summed E-state index contributed by atoms with van der Waals surface area (Å²) in [6, 6.07) is 0. The van der Waals surface area contributed by atoms with Crippen molar-refractivity contribution in [3.8, 4) is 0 Å². The molecule has 2 aliphatic rings. The number of amides is 1. The molecule has 4 rings (SSSR count). The lowest BCUT2D eigenvalue weighted by Gasteiger charge is -2.33. The summed E-state index contributed by atoms with van der Waals surface area (Å²) < 4.78 is 9.68. The Balaban J connectivity index is 1.46. The van der Waals surface area contributed by atoms with Crippen LogP contribution in [0.1, 0.15) is 46.1 Å². The van der Waals surface area contributed by atoms with Gasteiger partial charge in [0, 0.05) is 55.3 Å². The third-order valence-electron chi connectivity index (χ3n) is 5.35. The van der Waals surface area contributed by atoms with Crippen molar-refractivity contribution < 1.29 is 9.53 Å². The number of hydrogen-bond donors (Lipinski definition) is 1. The minimum Gasteiger partial charge on any atom is -0.379 e. The highest BCUT2D eigenvalue weighted by atomic mass is 32.1. The maximum absolute atomic E-state index is 12.8. The van der Waals surface area contributed by atoms with Crippen LogP contribution in [0.15, 0.2) is 11.6 Å². The molecule has 1 atom stereocenters. The number of nitrogens with one attached hydrogen (secondary N) is 1. The van der Waals surface area contributed by atoms with Crippen LogP contribution in [0, 0.1) is 6.92 Å². The number of ether oxygens (including phenoxy) is 1. The van der Waals surface area contributed by atoms with E-state index in [9.17, 15) is 4.79 Å². The van der Waals surface area contributed by atoms with Crippen molar-refractivity contribution in [2.45, 2.75) is 32.2 Å². The topological polar surface area (TPSA) is 74.4 Å². The standard InChI is InChI=1S/C18H25N5O2S/c1-13-16(12-26-21-13)18(24)23-4-2-3-14(11-23)17-15(9-19-20-17)10-22-5-7-25-8-6-22/h9,12,14H,2-8,10-11H2,1H3,(H,19,20). The van der Waals surface area contributed by atoms with Crippen molar-refractivity contribution in [2.24, 2.45) is 0 Å². The molecule has 26 heavy (non-hydrogen) atoms. The predicted octanol–water partition coefficient (Wildman–Crippen LogP) is 2.03. The maximum atomic E-state index is 12.8. The smallest absolute Gasteiger partial charge is 0.256 e. The van der Waals surface area contributed by atoms with Crippen molar-refractivity contribution in [3.63, 3.8) is 0 Å². The monoisotopic (exact) mass is 375 g/mol. The zero-order valence-electron chi connectivity index (χ0n) is 15.1. The first-order valence-corrected chi connectivity index (χ1v) is 10.1. The molecule has 4 heterocycles. The minimum absolute atomic E-state index is 0.107. The second kappa shape index (κ2) is 7.85. The molecule has 2 aliphatic heterocycles. The average Bonchev–Trinajstić information content (AvgIpc) is 3.31. The summed E-state index contributed by atoms with van der Waals surface area (Å²) in [5.41, 5.74) is 4.01. The first kappa shape index (κ1) is 17.6. The molecule has 7 nitrogen and oxygen atoms in total. The number of piperidine rings is 1. The fourth-order valence-corrected chi connectivity index (χ4v) is 4.55. The fourth-order valence-electron chi connectivity index (χ4n) is 3.87. The van der Waals surface area contributed by atoms with E-state index in [1.807, 2.05) is 23.4 Å². The molecule has 140 valence electrons. The summed E-state index contributed by atoms with van der Waals surface area (Å²) in [7, 11) is 0. The summed E-state index contributed by atoms with van der Waals surface area (Å²) in [5, 5.41) is 9.38. The third kappa shape index (κ3) is 3.67. The molecular weight excluding hydrogens is 350 g/mol. The summed E-state index contributed by atoms with van der Waals surface area (Å²) in [4.78, 5) is 17.2. The van der Waals surface area contributed by atoms with E-state index in [1.165, 1.54) is 22.8 Å². The molecule has 1 amide bonds. The summed E-state index contributed by atoms with van der Waals surface area (Å²) in [6.45, 7) is 7.88. The molecular formula is C18H25N5O2S. The number of morpholine rings is 1. The number of H-pyrrole nitrogens is 1. The van der Waals surface area contributed by atoms with Crippen molar-refractivity contribution in [2.75, 3.05) is 39.4 Å². The molecule has 0 bridgehead atoms. The van der Waals surface area contributed by atoms with Gasteiger partial charge in [-0.3, -0.25) is 14.8 Å². The lowest BCUT2D eigenvalue weighted by molar-refractivity contribution is 0.0339. The normalized spacial score (nSPS) is 21.9. The molecule has 2 saturated heterocycles. The second-order valence-electron chi connectivity index (χ2n) is 7.10.